The Bertz CT molecular complexity index is 447. The van der Waals surface area contributed by atoms with Gasteiger partial charge in [-0.1, -0.05) is 20.8 Å². The zero-order chi connectivity index (χ0) is 15.8. The summed E-state index contributed by atoms with van der Waals surface area (Å²) < 4.78 is 5.24. The molecule has 0 aromatic carbocycles. The van der Waals surface area contributed by atoms with E-state index in [1.54, 1.807) is 0 Å². The van der Waals surface area contributed by atoms with Gasteiger partial charge in [0.2, 0.25) is 0 Å². The summed E-state index contributed by atoms with van der Waals surface area (Å²) in [5, 5.41) is 9.40. The molecule has 6 nitrogen and oxygen atoms in total. The highest BCUT2D eigenvalue weighted by Gasteiger charge is 2.50. The molecule has 2 aliphatic heterocycles. The van der Waals surface area contributed by atoms with Gasteiger partial charge >= 0.3 is 6.09 Å². The number of ketones is 2. The smallest absolute Gasteiger partial charge is 0.407 e. The van der Waals surface area contributed by atoms with E-state index in [0.29, 0.717) is 19.6 Å². The standard InChI is InChI=1S/C15H23NO5/c1-15(2,3)13-11(12(18)9-5-7-21-8-9)10(17)4-6-16(13)14(19)20/h9,11,13H,4-8H2,1-3H3,(H,19,20). The SMILES string of the molecule is CC(C)(C)C1C(C(=O)C2CCOC2)C(=O)CCN1C(=O)O. The van der Waals surface area contributed by atoms with E-state index in [0.717, 1.165) is 0 Å². The molecule has 3 unspecified atom stereocenters. The van der Waals surface area contributed by atoms with E-state index in [1.807, 2.05) is 20.8 Å². The number of rotatable bonds is 2. The summed E-state index contributed by atoms with van der Waals surface area (Å²) in [6.45, 7) is 6.65. The fourth-order valence-corrected chi connectivity index (χ4v) is 3.39. The molecule has 0 aliphatic carbocycles. The summed E-state index contributed by atoms with van der Waals surface area (Å²) in [5.74, 6) is -1.42. The third-order valence-corrected chi connectivity index (χ3v) is 4.37. The van der Waals surface area contributed by atoms with E-state index >= 15 is 0 Å². The zero-order valence-corrected chi connectivity index (χ0v) is 12.8. The lowest BCUT2D eigenvalue weighted by Gasteiger charge is -2.45. The topological polar surface area (TPSA) is 83.9 Å². The number of nitrogens with zero attached hydrogens (tertiary/aromatic N) is 1. The van der Waals surface area contributed by atoms with E-state index in [9.17, 15) is 19.5 Å². The maximum absolute atomic E-state index is 12.7. The van der Waals surface area contributed by atoms with Crippen LogP contribution in [0.25, 0.3) is 0 Å². The highest BCUT2D eigenvalue weighted by molar-refractivity contribution is 6.05. The van der Waals surface area contributed by atoms with Crippen LogP contribution in [0.15, 0.2) is 0 Å². The Balaban J connectivity index is 2.34. The number of hydrogen-bond acceptors (Lipinski definition) is 4. The van der Waals surface area contributed by atoms with Crippen molar-refractivity contribution < 1.29 is 24.2 Å². The van der Waals surface area contributed by atoms with Crippen molar-refractivity contribution in [2.24, 2.45) is 17.3 Å². The van der Waals surface area contributed by atoms with E-state index in [1.165, 1.54) is 4.90 Å². The van der Waals surface area contributed by atoms with Crippen LogP contribution in [0.1, 0.15) is 33.6 Å². The number of Topliss-reactive ketones (excluding diaryl/α,β-unsaturated/α-hetero) is 2. The minimum Gasteiger partial charge on any atom is -0.465 e. The molecule has 0 radical (unpaired) electrons. The van der Waals surface area contributed by atoms with Gasteiger partial charge in [-0.25, -0.2) is 4.79 Å². The number of carbonyl (C=O) groups is 3. The van der Waals surface area contributed by atoms with E-state index in [-0.39, 0.29) is 30.4 Å². The quantitative estimate of drug-likeness (QED) is 0.782. The average molecular weight is 297 g/mol. The fraction of sp³-hybridized carbons (Fsp3) is 0.800. The molecule has 2 aliphatic rings. The summed E-state index contributed by atoms with van der Waals surface area (Å²) in [7, 11) is 0. The van der Waals surface area contributed by atoms with E-state index < -0.39 is 23.5 Å². The van der Waals surface area contributed by atoms with Crippen LogP contribution >= 0.6 is 0 Å². The van der Waals surface area contributed by atoms with Crippen LogP contribution in [0, 0.1) is 17.3 Å². The minimum absolute atomic E-state index is 0.114. The fourth-order valence-electron chi connectivity index (χ4n) is 3.39. The van der Waals surface area contributed by atoms with Gasteiger partial charge in [-0.15, -0.1) is 0 Å². The Kier molecular flexibility index (Phi) is 4.37. The second-order valence-electron chi connectivity index (χ2n) is 6.94. The maximum Gasteiger partial charge on any atom is 0.407 e. The number of hydrogen-bond donors (Lipinski definition) is 1. The van der Waals surface area contributed by atoms with E-state index in [4.69, 9.17) is 4.74 Å². The van der Waals surface area contributed by atoms with Crippen molar-refractivity contribution in [3.63, 3.8) is 0 Å². The van der Waals surface area contributed by atoms with Gasteiger partial charge in [0, 0.05) is 25.5 Å². The van der Waals surface area contributed by atoms with Gasteiger partial charge < -0.3 is 14.7 Å². The lowest BCUT2D eigenvalue weighted by atomic mass is 9.70. The Hall–Kier alpha value is -1.43. The summed E-state index contributed by atoms with van der Waals surface area (Å²) in [5.41, 5.74) is -0.478. The van der Waals surface area contributed by atoms with Crippen molar-refractivity contribution in [2.45, 2.75) is 39.7 Å². The lowest BCUT2D eigenvalue weighted by molar-refractivity contribution is -0.143. The number of piperidine rings is 1. The second-order valence-corrected chi connectivity index (χ2v) is 6.94. The molecule has 2 heterocycles. The molecule has 118 valence electrons. The molecule has 2 rings (SSSR count). The van der Waals surface area contributed by atoms with Crippen LogP contribution < -0.4 is 0 Å². The molecule has 3 atom stereocenters. The van der Waals surface area contributed by atoms with Gasteiger partial charge in [0.15, 0.2) is 5.78 Å². The van der Waals surface area contributed by atoms with Gasteiger partial charge in [-0.2, -0.15) is 0 Å². The van der Waals surface area contributed by atoms with Crippen molar-refractivity contribution in [2.75, 3.05) is 19.8 Å². The monoisotopic (exact) mass is 297 g/mol. The Morgan fingerprint density at radius 1 is 1.33 bits per heavy atom. The van der Waals surface area contributed by atoms with Crippen LogP contribution in [0.4, 0.5) is 4.79 Å². The first-order chi connectivity index (χ1) is 9.73. The molecule has 1 amide bonds. The van der Waals surface area contributed by atoms with Gasteiger partial charge in [0.05, 0.1) is 18.6 Å². The predicted molar refractivity (Wildman–Crippen MR) is 75.0 cm³/mol. The summed E-state index contributed by atoms with van der Waals surface area (Å²) in [4.78, 5) is 37.8. The van der Waals surface area contributed by atoms with Crippen LogP contribution in [-0.2, 0) is 14.3 Å². The summed E-state index contributed by atoms with van der Waals surface area (Å²) >= 11 is 0. The molecule has 0 aromatic heterocycles. The Morgan fingerprint density at radius 3 is 2.48 bits per heavy atom. The molecule has 0 bridgehead atoms. The first-order valence-electron chi connectivity index (χ1n) is 7.37. The van der Waals surface area contributed by atoms with Crippen LogP contribution in [0.2, 0.25) is 0 Å². The van der Waals surface area contributed by atoms with Crippen molar-refractivity contribution >= 4 is 17.7 Å². The number of likely N-dealkylation sites (tertiary alicyclic amines) is 1. The first-order valence-corrected chi connectivity index (χ1v) is 7.37. The molecule has 0 saturated carbocycles. The number of amides is 1. The number of carbonyl (C=O) groups excluding carboxylic acids is 2. The molecule has 6 heteroatoms. The second kappa shape index (κ2) is 5.75. The summed E-state index contributed by atoms with van der Waals surface area (Å²) in [6.07, 6.45) is -0.335. The van der Waals surface area contributed by atoms with Crippen molar-refractivity contribution in [3.8, 4) is 0 Å². The molecule has 1 N–H and O–H groups in total. The largest absolute Gasteiger partial charge is 0.465 e. The first kappa shape index (κ1) is 15.9. The van der Waals surface area contributed by atoms with Gasteiger partial charge in [0.1, 0.15) is 5.78 Å². The molecule has 0 spiro atoms. The van der Waals surface area contributed by atoms with E-state index in [2.05, 4.69) is 0 Å². The third-order valence-electron chi connectivity index (χ3n) is 4.37. The van der Waals surface area contributed by atoms with Crippen molar-refractivity contribution in [1.82, 2.24) is 4.90 Å². The number of carboxylic acid groups (broad SMARTS) is 1. The highest BCUT2D eigenvalue weighted by atomic mass is 16.5. The van der Waals surface area contributed by atoms with Crippen LogP contribution in [-0.4, -0.2) is 53.5 Å². The van der Waals surface area contributed by atoms with Gasteiger partial charge in [0.25, 0.3) is 0 Å². The van der Waals surface area contributed by atoms with Crippen molar-refractivity contribution in [3.05, 3.63) is 0 Å². The molecule has 2 fully saturated rings. The van der Waals surface area contributed by atoms with Gasteiger partial charge in [-0.05, 0) is 11.8 Å². The highest BCUT2D eigenvalue weighted by Crippen LogP contribution is 2.37. The minimum atomic E-state index is -1.07. The Labute approximate surface area is 124 Å². The molecule has 2 saturated heterocycles. The molecular formula is C15H23NO5. The average Bonchev–Trinajstić information content (AvgIpc) is 2.89. The van der Waals surface area contributed by atoms with Crippen molar-refractivity contribution in [1.29, 1.82) is 0 Å². The van der Waals surface area contributed by atoms with Crippen LogP contribution in [0.5, 0.6) is 0 Å². The Morgan fingerprint density at radius 2 is 2.00 bits per heavy atom. The molecular weight excluding hydrogens is 274 g/mol. The van der Waals surface area contributed by atoms with Crippen LogP contribution in [0.3, 0.4) is 0 Å². The lowest BCUT2D eigenvalue weighted by Crippen LogP contribution is -2.60. The number of ether oxygens (including phenoxy) is 1. The van der Waals surface area contributed by atoms with Gasteiger partial charge in [-0.3, -0.25) is 9.59 Å². The predicted octanol–water partition coefficient (Wildman–Crippen LogP) is 1.58. The summed E-state index contributed by atoms with van der Waals surface area (Å²) in [6, 6.07) is -0.607. The molecule has 21 heavy (non-hydrogen) atoms. The molecule has 0 aromatic rings. The maximum atomic E-state index is 12.7. The normalized spacial score (nSPS) is 30.5. The third kappa shape index (κ3) is 3.10. The zero-order valence-electron chi connectivity index (χ0n) is 12.8.